The Labute approximate surface area is 203 Å². The summed E-state index contributed by atoms with van der Waals surface area (Å²) >= 11 is 0. The zero-order chi connectivity index (χ0) is 25.9. The van der Waals surface area contributed by atoms with Crippen molar-refractivity contribution >= 4 is 29.4 Å². The molecule has 0 unspecified atom stereocenters. The summed E-state index contributed by atoms with van der Waals surface area (Å²) in [5.41, 5.74) is 4.22. The first-order valence-corrected chi connectivity index (χ1v) is 11.5. The number of aliphatic hydroxyl groups excluding tert-OH is 1. The first kappa shape index (κ1) is 24.5. The third-order valence-electron chi connectivity index (χ3n) is 7.00. The molecular weight excluding hydrogens is 448 g/mol. The highest BCUT2D eigenvalue weighted by molar-refractivity contribution is 6.13. The van der Waals surface area contributed by atoms with Crippen LogP contribution in [0.1, 0.15) is 50.3 Å². The third kappa shape index (κ3) is 3.97. The van der Waals surface area contributed by atoms with E-state index in [9.17, 15) is 29.7 Å². The second kappa shape index (κ2) is 8.23. The van der Waals surface area contributed by atoms with E-state index in [2.05, 4.69) is 11.9 Å². The first-order chi connectivity index (χ1) is 16.3. The van der Waals surface area contributed by atoms with Gasteiger partial charge in [0.2, 0.25) is 11.8 Å². The summed E-state index contributed by atoms with van der Waals surface area (Å²) in [6.45, 7) is 9.40. The van der Waals surface area contributed by atoms with Crippen molar-refractivity contribution in [1.82, 2.24) is 5.32 Å². The predicted octanol–water partition coefficient (Wildman–Crippen LogP) is 2.45. The number of Topliss-reactive ketones (excluding diaryl/α,β-unsaturated/α-hetero) is 1. The Morgan fingerprint density at radius 2 is 1.94 bits per heavy atom. The SMILES string of the molecule is C=C1C(C(N)=O)=CC[C@@H]2C[C@@H]3Cc4c(/C=C/C(=O)NC(C)(C)C)ccc(O)c4C(O)=C3C(=O)[C@]12O. The molecule has 4 rings (SSSR count). The van der Waals surface area contributed by atoms with Gasteiger partial charge >= 0.3 is 0 Å². The monoisotopic (exact) mass is 478 g/mol. The molecule has 0 aromatic heterocycles. The summed E-state index contributed by atoms with van der Waals surface area (Å²) in [4.78, 5) is 37.7. The molecule has 184 valence electrons. The number of carbonyl (C=O) groups is 3. The van der Waals surface area contributed by atoms with Gasteiger partial charge in [0.15, 0.2) is 11.4 Å². The molecule has 0 aliphatic heterocycles. The number of allylic oxidation sites excluding steroid dienone is 1. The molecule has 0 heterocycles. The highest BCUT2D eigenvalue weighted by Crippen LogP contribution is 2.52. The van der Waals surface area contributed by atoms with Gasteiger partial charge in [0.05, 0.1) is 5.56 Å². The smallest absolute Gasteiger partial charge is 0.248 e. The number of aliphatic hydroxyl groups is 2. The van der Waals surface area contributed by atoms with Crippen LogP contribution in [0.25, 0.3) is 11.8 Å². The normalized spacial score (nSPS) is 26.1. The van der Waals surface area contributed by atoms with E-state index in [1.807, 2.05) is 20.8 Å². The summed E-state index contributed by atoms with van der Waals surface area (Å²) in [6, 6.07) is 3.04. The van der Waals surface area contributed by atoms with Gasteiger partial charge in [-0.25, -0.2) is 0 Å². The van der Waals surface area contributed by atoms with Crippen molar-refractivity contribution in [3.8, 4) is 5.75 Å². The Morgan fingerprint density at radius 3 is 2.57 bits per heavy atom. The van der Waals surface area contributed by atoms with Crippen molar-refractivity contribution in [2.45, 2.75) is 51.2 Å². The average molecular weight is 479 g/mol. The molecule has 8 heteroatoms. The fraction of sp³-hybridized carbons (Fsp3) is 0.370. The van der Waals surface area contributed by atoms with Gasteiger partial charge in [0.1, 0.15) is 11.5 Å². The largest absolute Gasteiger partial charge is 0.507 e. The van der Waals surface area contributed by atoms with Crippen molar-refractivity contribution in [2.24, 2.45) is 17.6 Å². The van der Waals surface area contributed by atoms with Gasteiger partial charge in [0, 0.05) is 28.7 Å². The Balaban J connectivity index is 1.77. The van der Waals surface area contributed by atoms with E-state index in [-0.39, 0.29) is 40.4 Å². The third-order valence-corrected chi connectivity index (χ3v) is 7.00. The first-order valence-electron chi connectivity index (χ1n) is 11.5. The van der Waals surface area contributed by atoms with E-state index in [0.717, 1.165) is 0 Å². The number of benzene rings is 1. The fourth-order valence-corrected chi connectivity index (χ4v) is 5.43. The molecular formula is C27H30N2O6. The lowest BCUT2D eigenvalue weighted by molar-refractivity contribution is -0.139. The molecule has 2 amide bonds. The highest BCUT2D eigenvalue weighted by atomic mass is 16.3. The van der Waals surface area contributed by atoms with E-state index in [4.69, 9.17) is 5.73 Å². The molecule has 0 bridgehead atoms. The molecule has 1 aromatic rings. The summed E-state index contributed by atoms with van der Waals surface area (Å²) in [7, 11) is 0. The number of nitrogens with one attached hydrogen (secondary N) is 1. The minimum Gasteiger partial charge on any atom is -0.507 e. The average Bonchev–Trinajstić information content (AvgIpc) is 2.74. The van der Waals surface area contributed by atoms with Crippen molar-refractivity contribution in [3.05, 3.63) is 64.3 Å². The van der Waals surface area contributed by atoms with E-state index in [0.29, 0.717) is 24.0 Å². The van der Waals surface area contributed by atoms with Gasteiger partial charge < -0.3 is 26.4 Å². The zero-order valence-electron chi connectivity index (χ0n) is 20.0. The maximum atomic E-state index is 13.6. The number of amides is 2. The molecule has 8 nitrogen and oxygen atoms in total. The lowest BCUT2D eigenvalue weighted by atomic mass is 9.58. The van der Waals surface area contributed by atoms with Crippen LogP contribution in [0.2, 0.25) is 0 Å². The number of nitrogens with two attached hydrogens (primary N) is 1. The molecule has 0 saturated heterocycles. The van der Waals surface area contributed by atoms with Crippen LogP contribution in [0.3, 0.4) is 0 Å². The van der Waals surface area contributed by atoms with E-state index in [1.165, 1.54) is 12.1 Å². The lowest BCUT2D eigenvalue weighted by Gasteiger charge is -2.47. The number of phenols is 1. The van der Waals surface area contributed by atoms with Crippen LogP contribution < -0.4 is 11.1 Å². The number of fused-ring (bicyclic) bond motifs is 3. The number of rotatable bonds is 3. The van der Waals surface area contributed by atoms with Gasteiger partial charge in [-0.3, -0.25) is 14.4 Å². The molecule has 35 heavy (non-hydrogen) atoms. The zero-order valence-corrected chi connectivity index (χ0v) is 20.0. The molecule has 6 N–H and O–H groups in total. The number of ketones is 1. The van der Waals surface area contributed by atoms with Crippen molar-refractivity contribution in [1.29, 1.82) is 0 Å². The number of hydrogen-bond acceptors (Lipinski definition) is 6. The Hall–Kier alpha value is -3.65. The summed E-state index contributed by atoms with van der Waals surface area (Å²) < 4.78 is 0. The van der Waals surface area contributed by atoms with Crippen LogP contribution in [-0.4, -0.2) is 44.1 Å². The summed E-state index contributed by atoms with van der Waals surface area (Å²) in [6.07, 6.45) is 5.53. The van der Waals surface area contributed by atoms with Crippen molar-refractivity contribution < 1.29 is 29.7 Å². The van der Waals surface area contributed by atoms with Crippen molar-refractivity contribution in [3.63, 3.8) is 0 Å². The standard InChI is InChI=1S/C27H30N2O6/c1-13-17(25(28)34)8-7-16-11-15-12-18-14(6-10-20(31)29-26(2,3)4)5-9-19(30)22(18)23(32)21(15)24(33)27(13,16)35/h5-6,8-10,15-16,30,32,35H,1,7,11-12H2,2-4H3,(H2,28,34)(H,29,31)/b10-6+/t15-,16-,27+/m1/s1. The topological polar surface area (TPSA) is 150 Å². The number of hydrogen-bond donors (Lipinski definition) is 5. The Morgan fingerprint density at radius 1 is 1.26 bits per heavy atom. The molecule has 1 fully saturated rings. The van der Waals surface area contributed by atoms with Gasteiger partial charge in [-0.05, 0) is 74.8 Å². The molecule has 3 aliphatic carbocycles. The molecule has 1 aromatic carbocycles. The minimum atomic E-state index is -2.06. The number of aromatic hydroxyl groups is 1. The van der Waals surface area contributed by atoms with Crippen LogP contribution in [0.4, 0.5) is 0 Å². The van der Waals surface area contributed by atoms with Crippen LogP contribution in [0.15, 0.2) is 47.6 Å². The van der Waals surface area contributed by atoms with E-state index >= 15 is 0 Å². The maximum Gasteiger partial charge on any atom is 0.248 e. The van der Waals surface area contributed by atoms with Gasteiger partial charge in [-0.1, -0.05) is 18.7 Å². The second-order valence-electron chi connectivity index (χ2n) is 10.5. The summed E-state index contributed by atoms with van der Waals surface area (Å²) in [5, 5.41) is 36.0. The molecule has 3 atom stereocenters. The van der Waals surface area contributed by atoms with E-state index < -0.39 is 40.4 Å². The van der Waals surface area contributed by atoms with E-state index in [1.54, 1.807) is 18.2 Å². The number of carbonyl (C=O) groups excluding carboxylic acids is 3. The van der Waals surface area contributed by atoms with Gasteiger partial charge in [0.25, 0.3) is 0 Å². The summed E-state index contributed by atoms with van der Waals surface area (Å²) in [5.74, 6) is -3.40. The van der Waals surface area contributed by atoms with Crippen LogP contribution in [-0.2, 0) is 20.8 Å². The quantitative estimate of drug-likeness (QED) is 0.421. The van der Waals surface area contributed by atoms with Crippen LogP contribution in [0, 0.1) is 11.8 Å². The number of phenolic OH excluding ortho intramolecular Hbond substituents is 1. The second-order valence-corrected chi connectivity index (χ2v) is 10.5. The molecule has 3 aliphatic rings. The van der Waals surface area contributed by atoms with Crippen LogP contribution >= 0.6 is 0 Å². The van der Waals surface area contributed by atoms with Crippen LogP contribution in [0.5, 0.6) is 5.75 Å². The predicted molar refractivity (Wildman–Crippen MR) is 131 cm³/mol. The maximum absolute atomic E-state index is 13.6. The minimum absolute atomic E-state index is 0.00465. The highest BCUT2D eigenvalue weighted by Gasteiger charge is 2.57. The fourth-order valence-electron chi connectivity index (χ4n) is 5.43. The van der Waals surface area contributed by atoms with Gasteiger partial charge in [-0.2, -0.15) is 0 Å². The lowest BCUT2D eigenvalue weighted by Crippen LogP contribution is -2.56. The molecule has 1 saturated carbocycles. The van der Waals surface area contributed by atoms with Gasteiger partial charge in [-0.15, -0.1) is 0 Å². The molecule has 0 spiro atoms. The Kier molecular flexibility index (Phi) is 5.76. The number of primary amides is 1. The van der Waals surface area contributed by atoms with Crippen molar-refractivity contribution in [2.75, 3.05) is 0 Å². The Bertz CT molecular complexity index is 1260. The molecule has 0 radical (unpaired) electrons.